The van der Waals surface area contributed by atoms with E-state index in [9.17, 15) is 9.59 Å². The number of rotatable bonds is 6. The summed E-state index contributed by atoms with van der Waals surface area (Å²) >= 11 is 0. The predicted molar refractivity (Wildman–Crippen MR) is 96.0 cm³/mol. The van der Waals surface area contributed by atoms with Crippen LogP contribution in [0.2, 0.25) is 0 Å². The van der Waals surface area contributed by atoms with Crippen LogP contribution in [0.4, 0.5) is 0 Å². The largest absolute Gasteiger partial charge is 0.350 e. The SMILES string of the molecule is CCC(C)NC(=O)c1cccc(C(=O)NC(C)c2ccccc2)c1. The van der Waals surface area contributed by atoms with Gasteiger partial charge < -0.3 is 10.6 Å². The van der Waals surface area contributed by atoms with Crippen LogP contribution in [0, 0.1) is 0 Å². The van der Waals surface area contributed by atoms with Crippen LogP contribution in [0.15, 0.2) is 54.6 Å². The highest BCUT2D eigenvalue weighted by atomic mass is 16.2. The first-order valence-corrected chi connectivity index (χ1v) is 8.28. The number of hydrogen-bond acceptors (Lipinski definition) is 2. The summed E-state index contributed by atoms with van der Waals surface area (Å²) in [5.74, 6) is -0.348. The molecule has 0 aliphatic heterocycles. The van der Waals surface area contributed by atoms with Crippen molar-refractivity contribution in [3.8, 4) is 0 Å². The van der Waals surface area contributed by atoms with E-state index in [4.69, 9.17) is 0 Å². The Morgan fingerprint density at radius 3 is 2.04 bits per heavy atom. The summed E-state index contributed by atoms with van der Waals surface area (Å²) in [6.45, 7) is 5.91. The van der Waals surface area contributed by atoms with Gasteiger partial charge in [0.25, 0.3) is 11.8 Å². The molecule has 2 atom stereocenters. The number of nitrogens with one attached hydrogen (secondary N) is 2. The van der Waals surface area contributed by atoms with Gasteiger partial charge in [0, 0.05) is 17.2 Å². The van der Waals surface area contributed by atoms with Crippen LogP contribution in [0.5, 0.6) is 0 Å². The third-order valence-corrected chi connectivity index (χ3v) is 4.02. The minimum absolute atomic E-state index is 0.101. The number of benzene rings is 2. The van der Waals surface area contributed by atoms with E-state index in [1.54, 1.807) is 24.3 Å². The molecule has 0 aliphatic carbocycles. The summed E-state index contributed by atoms with van der Waals surface area (Å²) in [5.41, 5.74) is 2.02. The van der Waals surface area contributed by atoms with Gasteiger partial charge in [-0.2, -0.15) is 0 Å². The predicted octanol–water partition coefficient (Wildman–Crippen LogP) is 3.71. The molecule has 0 saturated heterocycles. The standard InChI is InChI=1S/C20H24N2O2/c1-4-14(2)21-19(23)17-11-8-12-18(13-17)20(24)22-15(3)16-9-6-5-7-10-16/h5-15H,4H2,1-3H3,(H,21,23)(H,22,24). The zero-order valence-electron chi connectivity index (χ0n) is 14.4. The number of amides is 2. The van der Waals surface area contributed by atoms with Gasteiger partial charge in [0.1, 0.15) is 0 Å². The van der Waals surface area contributed by atoms with E-state index in [0.717, 1.165) is 12.0 Å². The van der Waals surface area contributed by atoms with Gasteiger partial charge in [0.05, 0.1) is 6.04 Å². The van der Waals surface area contributed by atoms with Gasteiger partial charge in [-0.05, 0) is 44.0 Å². The summed E-state index contributed by atoms with van der Waals surface area (Å²) in [6, 6.07) is 16.6. The first-order valence-electron chi connectivity index (χ1n) is 8.28. The van der Waals surface area contributed by atoms with Crippen LogP contribution < -0.4 is 10.6 Å². The molecule has 0 aliphatic rings. The van der Waals surface area contributed by atoms with Crippen LogP contribution in [0.1, 0.15) is 59.5 Å². The van der Waals surface area contributed by atoms with Crippen molar-refractivity contribution in [1.29, 1.82) is 0 Å². The van der Waals surface area contributed by atoms with Crippen molar-refractivity contribution < 1.29 is 9.59 Å². The van der Waals surface area contributed by atoms with Gasteiger partial charge in [0.15, 0.2) is 0 Å². The molecule has 24 heavy (non-hydrogen) atoms. The van der Waals surface area contributed by atoms with Crippen LogP contribution in [-0.2, 0) is 0 Å². The van der Waals surface area contributed by atoms with Crippen LogP contribution >= 0.6 is 0 Å². The van der Waals surface area contributed by atoms with Crippen molar-refractivity contribution in [2.24, 2.45) is 0 Å². The van der Waals surface area contributed by atoms with E-state index in [1.165, 1.54) is 0 Å². The molecule has 2 amide bonds. The fraction of sp³-hybridized carbons (Fsp3) is 0.300. The van der Waals surface area contributed by atoms with Gasteiger partial charge in [-0.25, -0.2) is 0 Å². The van der Waals surface area contributed by atoms with Crippen molar-refractivity contribution >= 4 is 11.8 Å². The van der Waals surface area contributed by atoms with Gasteiger partial charge in [0.2, 0.25) is 0 Å². The van der Waals surface area contributed by atoms with E-state index < -0.39 is 0 Å². The molecule has 2 aromatic rings. The van der Waals surface area contributed by atoms with Gasteiger partial charge in [-0.1, -0.05) is 43.3 Å². The molecule has 126 valence electrons. The molecule has 0 saturated carbocycles. The summed E-state index contributed by atoms with van der Waals surface area (Å²) in [7, 11) is 0. The molecule has 0 aromatic heterocycles. The minimum Gasteiger partial charge on any atom is -0.350 e. The molecule has 0 spiro atoms. The lowest BCUT2D eigenvalue weighted by molar-refractivity contribution is 0.0938. The molecule has 2 N–H and O–H groups in total. The van der Waals surface area contributed by atoms with Gasteiger partial charge in [-0.3, -0.25) is 9.59 Å². The molecule has 0 radical (unpaired) electrons. The third kappa shape index (κ3) is 4.69. The molecule has 2 rings (SSSR count). The molecule has 0 bridgehead atoms. The average Bonchev–Trinajstić information content (AvgIpc) is 2.62. The molecular weight excluding hydrogens is 300 g/mol. The Labute approximate surface area is 143 Å². The Kier molecular flexibility index (Phi) is 6.13. The summed E-state index contributed by atoms with van der Waals surface area (Å²) < 4.78 is 0. The van der Waals surface area contributed by atoms with Crippen molar-refractivity contribution in [2.75, 3.05) is 0 Å². The Bertz CT molecular complexity index is 698. The molecule has 2 aromatic carbocycles. The van der Waals surface area contributed by atoms with Crippen LogP contribution in [0.3, 0.4) is 0 Å². The molecule has 0 fully saturated rings. The normalized spacial score (nSPS) is 13.0. The minimum atomic E-state index is -0.190. The Balaban J connectivity index is 2.07. The number of carbonyl (C=O) groups is 2. The van der Waals surface area contributed by atoms with E-state index in [2.05, 4.69) is 10.6 Å². The van der Waals surface area contributed by atoms with Crippen molar-refractivity contribution in [3.63, 3.8) is 0 Å². The molecule has 4 nitrogen and oxygen atoms in total. The first-order chi connectivity index (χ1) is 11.5. The van der Waals surface area contributed by atoms with Crippen molar-refractivity contribution in [3.05, 3.63) is 71.3 Å². The average molecular weight is 324 g/mol. The summed E-state index contributed by atoms with van der Waals surface area (Å²) in [6.07, 6.45) is 0.862. The third-order valence-electron chi connectivity index (χ3n) is 4.02. The highest BCUT2D eigenvalue weighted by Crippen LogP contribution is 2.13. The lowest BCUT2D eigenvalue weighted by Crippen LogP contribution is -2.32. The van der Waals surface area contributed by atoms with E-state index in [-0.39, 0.29) is 23.9 Å². The highest BCUT2D eigenvalue weighted by molar-refractivity contribution is 5.99. The van der Waals surface area contributed by atoms with Crippen molar-refractivity contribution in [1.82, 2.24) is 10.6 Å². The Morgan fingerprint density at radius 2 is 1.46 bits per heavy atom. The quantitative estimate of drug-likeness (QED) is 0.851. The van der Waals surface area contributed by atoms with Crippen LogP contribution in [-0.4, -0.2) is 17.9 Å². The van der Waals surface area contributed by atoms with E-state index >= 15 is 0 Å². The Hall–Kier alpha value is -2.62. The van der Waals surface area contributed by atoms with E-state index in [0.29, 0.717) is 11.1 Å². The molecule has 2 unspecified atom stereocenters. The molecule has 0 heterocycles. The van der Waals surface area contributed by atoms with Gasteiger partial charge >= 0.3 is 0 Å². The van der Waals surface area contributed by atoms with Gasteiger partial charge in [-0.15, -0.1) is 0 Å². The summed E-state index contributed by atoms with van der Waals surface area (Å²) in [4.78, 5) is 24.6. The smallest absolute Gasteiger partial charge is 0.251 e. The molecule has 4 heteroatoms. The topological polar surface area (TPSA) is 58.2 Å². The lowest BCUT2D eigenvalue weighted by Gasteiger charge is -2.15. The lowest BCUT2D eigenvalue weighted by atomic mass is 10.1. The van der Waals surface area contributed by atoms with Crippen LogP contribution in [0.25, 0.3) is 0 Å². The summed E-state index contributed by atoms with van der Waals surface area (Å²) in [5, 5.41) is 5.87. The zero-order chi connectivity index (χ0) is 17.5. The maximum Gasteiger partial charge on any atom is 0.251 e. The first kappa shape index (κ1) is 17.7. The number of hydrogen-bond donors (Lipinski definition) is 2. The van der Waals surface area contributed by atoms with Crippen molar-refractivity contribution in [2.45, 2.75) is 39.3 Å². The second-order valence-corrected chi connectivity index (χ2v) is 5.97. The maximum atomic E-state index is 12.4. The fourth-order valence-corrected chi connectivity index (χ4v) is 2.32. The second-order valence-electron chi connectivity index (χ2n) is 5.97. The number of carbonyl (C=O) groups excluding carboxylic acids is 2. The fourth-order valence-electron chi connectivity index (χ4n) is 2.32. The second kappa shape index (κ2) is 8.29. The van der Waals surface area contributed by atoms with E-state index in [1.807, 2.05) is 51.1 Å². The highest BCUT2D eigenvalue weighted by Gasteiger charge is 2.14. The molecular formula is C20H24N2O2. The maximum absolute atomic E-state index is 12.4. The monoisotopic (exact) mass is 324 g/mol. The zero-order valence-corrected chi connectivity index (χ0v) is 14.4. The Morgan fingerprint density at radius 1 is 0.875 bits per heavy atom.